The van der Waals surface area contributed by atoms with E-state index in [1.54, 1.807) is 25.1 Å². The quantitative estimate of drug-likeness (QED) is 0.589. The molecule has 0 aliphatic heterocycles. The van der Waals surface area contributed by atoms with Crippen molar-refractivity contribution in [1.82, 2.24) is 9.97 Å². The van der Waals surface area contributed by atoms with Crippen LogP contribution < -0.4 is 10.6 Å². The van der Waals surface area contributed by atoms with E-state index in [0.717, 1.165) is 12.1 Å². The lowest BCUT2D eigenvalue weighted by atomic mass is 10.2. The van der Waals surface area contributed by atoms with Crippen LogP contribution in [0.3, 0.4) is 0 Å². The third kappa shape index (κ3) is 4.43. The Morgan fingerprint density at radius 3 is 2.27 bits per heavy atom. The van der Waals surface area contributed by atoms with E-state index in [9.17, 15) is 13.2 Å². The van der Waals surface area contributed by atoms with Crippen LogP contribution in [0.15, 0.2) is 54.6 Å². The first kappa shape index (κ1) is 18.0. The van der Waals surface area contributed by atoms with Crippen LogP contribution in [0, 0.1) is 6.92 Å². The molecule has 0 amide bonds. The fraction of sp³-hybridized carbons (Fsp3) is 0.111. The summed E-state index contributed by atoms with van der Waals surface area (Å²) in [6, 6.07) is 13.6. The van der Waals surface area contributed by atoms with Gasteiger partial charge >= 0.3 is 6.18 Å². The lowest BCUT2D eigenvalue weighted by molar-refractivity contribution is -0.137. The van der Waals surface area contributed by atoms with Gasteiger partial charge in [0.2, 0.25) is 5.95 Å². The Morgan fingerprint density at radius 1 is 0.923 bits per heavy atom. The topological polar surface area (TPSA) is 49.8 Å². The molecule has 8 heteroatoms. The molecule has 134 valence electrons. The average molecular weight is 379 g/mol. The fourth-order valence-electron chi connectivity index (χ4n) is 2.26. The van der Waals surface area contributed by atoms with Gasteiger partial charge in [0, 0.05) is 17.4 Å². The molecule has 1 aromatic heterocycles. The number of nitrogens with zero attached hydrogens (tertiary/aromatic N) is 2. The lowest BCUT2D eigenvalue weighted by Gasteiger charge is -2.12. The number of anilines is 4. The van der Waals surface area contributed by atoms with Crippen LogP contribution in [0.1, 0.15) is 11.3 Å². The number of para-hydroxylation sites is 1. The predicted molar refractivity (Wildman–Crippen MR) is 96.2 cm³/mol. The number of nitrogens with one attached hydrogen (secondary N) is 2. The minimum Gasteiger partial charge on any atom is -0.340 e. The van der Waals surface area contributed by atoms with Crippen molar-refractivity contribution in [2.45, 2.75) is 13.1 Å². The van der Waals surface area contributed by atoms with Crippen molar-refractivity contribution >= 4 is 34.7 Å². The van der Waals surface area contributed by atoms with Crippen molar-refractivity contribution in [3.05, 3.63) is 70.9 Å². The standard InChI is InChI=1S/C18H14ClF3N4/c1-11-10-16(24-13-8-6-12(7-9-13)18(20,21)22)26-17(23-11)25-15-5-3-2-4-14(15)19/h2-10H,1H3,(H2,23,24,25,26). The third-order valence-corrected chi connectivity index (χ3v) is 3.79. The molecule has 0 radical (unpaired) electrons. The van der Waals surface area contributed by atoms with Gasteiger partial charge < -0.3 is 10.6 Å². The number of hydrogen-bond acceptors (Lipinski definition) is 4. The Balaban J connectivity index is 1.80. The van der Waals surface area contributed by atoms with Gasteiger partial charge in [-0.25, -0.2) is 4.98 Å². The molecule has 0 aliphatic rings. The first-order valence-corrected chi connectivity index (χ1v) is 8.00. The summed E-state index contributed by atoms with van der Waals surface area (Å²) in [5, 5.41) is 6.52. The Bertz CT molecular complexity index is 911. The number of benzene rings is 2. The van der Waals surface area contributed by atoms with Crippen molar-refractivity contribution < 1.29 is 13.2 Å². The molecule has 4 nitrogen and oxygen atoms in total. The highest BCUT2D eigenvalue weighted by Crippen LogP contribution is 2.30. The maximum Gasteiger partial charge on any atom is 0.416 e. The Hall–Kier alpha value is -2.80. The molecule has 1 heterocycles. The van der Waals surface area contributed by atoms with Crippen LogP contribution in [0.25, 0.3) is 0 Å². The highest BCUT2D eigenvalue weighted by molar-refractivity contribution is 6.33. The van der Waals surface area contributed by atoms with Crippen LogP contribution in [-0.4, -0.2) is 9.97 Å². The van der Waals surface area contributed by atoms with E-state index in [4.69, 9.17) is 11.6 Å². The molecule has 3 rings (SSSR count). The molecule has 26 heavy (non-hydrogen) atoms. The number of aryl methyl sites for hydroxylation is 1. The first-order chi connectivity index (χ1) is 12.3. The van der Waals surface area contributed by atoms with E-state index >= 15 is 0 Å². The van der Waals surface area contributed by atoms with Gasteiger partial charge in [-0.1, -0.05) is 23.7 Å². The largest absolute Gasteiger partial charge is 0.416 e. The fourth-order valence-corrected chi connectivity index (χ4v) is 2.44. The Morgan fingerprint density at radius 2 is 1.62 bits per heavy atom. The maximum absolute atomic E-state index is 12.6. The van der Waals surface area contributed by atoms with Gasteiger partial charge in [-0.15, -0.1) is 0 Å². The van der Waals surface area contributed by atoms with Crippen LogP contribution in [0.4, 0.5) is 36.3 Å². The molecule has 3 aromatic rings. The van der Waals surface area contributed by atoms with Gasteiger partial charge in [-0.3, -0.25) is 0 Å². The molecule has 0 aliphatic carbocycles. The number of alkyl halides is 3. The molecule has 2 N–H and O–H groups in total. The van der Waals surface area contributed by atoms with Crippen molar-refractivity contribution in [2.24, 2.45) is 0 Å². The second-order valence-corrected chi connectivity index (χ2v) is 5.93. The van der Waals surface area contributed by atoms with Gasteiger partial charge in [0.05, 0.1) is 16.3 Å². The first-order valence-electron chi connectivity index (χ1n) is 7.63. The van der Waals surface area contributed by atoms with Gasteiger partial charge in [0.1, 0.15) is 5.82 Å². The summed E-state index contributed by atoms with van der Waals surface area (Å²) in [6.45, 7) is 1.79. The van der Waals surface area contributed by atoms with Crippen molar-refractivity contribution in [3.63, 3.8) is 0 Å². The Labute approximate surface area is 153 Å². The van der Waals surface area contributed by atoms with E-state index in [1.165, 1.54) is 12.1 Å². The molecule has 0 unspecified atom stereocenters. The van der Waals surface area contributed by atoms with Crippen molar-refractivity contribution in [2.75, 3.05) is 10.6 Å². The SMILES string of the molecule is Cc1cc(Nc2ccc(C(F)(F)F)cc2)nc(Nc2ccccc2Cl)n1. The summed E-state index contributed by atoms with van der Waals surface area (Å²) < 4.78 is 37.9. The van der Waals surface area contributed by atoms with E-state index < -0.39 is 11.7 Å². The van der Waals surface area contributed by atoms with Crippen LogP contribution in [-0.2, 0) is 6.18 Å². The summed E-state index contributed by atoms with van der Waals surface area (Å²) in [5.74, 6) is 0.777. The lowest BCUT2D eigenvalue weighted by Crippen LogP contribution is -2.05. The highest BCUT2D eigenvalue weighted by Gasteiger charge is 2.29. The summed E-state index contributed by atoms with van der Waals surface area (Å²) >= 11 is 6.11. The van der Waals surface area contributed by atoms with Gasteiger partial charge in [0.25, 0.3) is 0 Å². The zero-order valence-corrected chi connectivity index (χ0v) is 14.4. The summed E-state index contributed by atoms with van der Waals surface area (Å²) in [5.41, 5.74) is 1.12. The van der Waals surface area contributed by atoms with Crippen LogP contribution in [0.2, 0.25) is 5.02 Å². The predicted octanol–water partition coefficient (Wildman–Crippen LogP) is 5.94. The molecule has 2 aromatic carbocycles. The monoisotopic (exact) mass is 378 g/mol. The van der Waals surface area contributed by atoms with Gasteiger partial charge in [-0.2, -0.15) is 18.2 Å². The molecular weight excluding hydrogens is 365 g/mol. The van der Waals surface area contributed by atoms with Gasteiger partial charge in [-0.05, 0) is 43.3 Å². The second-order valence-electron chi connectivity index (χ2n) is 5.52. The molecule has 0 spiro atoms. The van der Waals surface area contributed by atoms with Crippen molar-refractivity contribution in [3.8, 4) is 0 Å². The zero-order chi connectivity index (χ0) is 18.7. The van der Waals surface area contributed by atoms with Crippen LogP contribution >= 0.6 is 11.6 Å². The van der Waals surface area contributed by atoms with E-state index in [0.29, 0.717) is 33.9 Å². The molecular formula is C18H14ClF3N4. The zero-order valence-electron chi connectivity index (χ0n) is 13.6. The number of hydrogen-bond donors (Lipinski definition) is 2. The number of rotatable bonds is 4. The second kappa shape index (κ2) is 7.21. The van der Waals surface area contributed by atoms with Crippen LogP contribution in [0.5, 0.6) is 0 Å². The normalized spacial score (nSPS) is 11.3. The summed E-state index contributed by atoms with van der Waals surface area (Å²) in [7, 11) is 0. The third-order valence-electron chi connectivity index (χ3n) is 3.46. The minimum absolute atomic E-state index is 0.326. The number of aromatic nitrogens is 2. The average Bonchev–Trinajstić information content (AvgIpc) is 2.56. The summed E-state index contributed by atoms with van der Waals surface area (Å²) in [4.78, 5) is 8.61. The van der Waals surface area contributed by atoms with Gasteiger partial charge in [0.15, 0.2) is 0 Å². The summed E-state index contributed by atoms with van der Waals surface area (Å²) in [6.07, 6.45) is -4.37. The molecule has 0 atom stereocenters. The smallest absolute Gasteiger partial charge is 0.340 e. The maximum atomic E-state index is 12.6. The minimum atomic E-state index is -4.37. The highest BCUT2D eigenvalue weighted by atomic mass is 35.5. The van der Waals surface area contributed by atoms with Crippen molar-refractivity contribution in [1.29, 1.82) is 0 Å². The molecule has 0 fully saturated rings. The van der Waals surface area contributed by atoms with E-state index in [-0.39, 0.29) is 0 Å². The molecule has 0 saturated heterocycles. The molecule has 0 bridgehead atoms. The molecule has 0 saturated carbocycles. The van der Waals surface area contributed by atoms with E-state index in [1.807, 2.05) is 12.1 Å². The van der Waals surface area contributed by atoms with E-state index in [2.05, 4.69) is 20.6 Å². The Kier molecular flexibility index (Phi) is 4.99. The number of halogens is 4.